The van der Waals surface area contributed by atoms with E-state index in [9.17, 15) is 19.5 Å². The molecular weight excluding hydrogens is 444 g/mol. The summed E-state index contributed by atoms with van der Waals surface area (Å²) in [4.78, 5) is 38.5. The highest BCUT2D eigenvalue weighted by atomic mass is 16.5. The van der Waals surface area contributed by atoms with Gasteiger partial charge in [-0.1, -0.05) is 61.4 Å². The van der Waals surface area contributed by atoms with Gasteiger partial charge in [-0.2, -0.15) is 0 Å². The number of alkyl carbamates (subject to hydrolysis) is 1. The number of likely N-dealkylation sites (tertiary alicyclic amines) is 1. The molecule has 2 aliphatic carbocycles. The first-order valence-corrected chi connectivity index (χ1v) is 12.5. The number of hydrogen-bond acceptors (Lipinski definition) is 4. The molecular formula is C28H32N2O5. The van der Waals surface area contributed by atoms with Crippen LogP contribution in [-0.4, -0.2) is 53.7 Å². The molecule has 2 atom stereocenters. The van der Waals surface area contributed by atoms with Gasteiger partial charge in [-0.05, 0) is 47.9 Å². The normalized spacial score (nSPS) is 22.5. The van der Waals surface area contributed by atoms with Gasteiger partial charge in [-0.3, -0.25) is 9.59 Å². The molecule has 1 heterocycles. The SMILES string of the molecule is CC1(C(=O)O)CN(C(=O)CC2CCCCC2NC(=O)OCC2c3ccccc3-c3ccccc32)C1. The summed E-state index contributed by atoms with van der Waals surface area (Å²) in [6, 6.07) is 16.4. The standard InChI is InChI=1S/C28H32N2O5/c1-28(26(32)33)16-30(17-28)25(31)14-18-8-2-7-13-24(18)29-27(34)35-15-23-21-11-5-3-9-19(21)20-10-4-6-12-22(20)23/h3-6,9-12,18,23-24H,2,7-8,13-17H2,1H3,(H,29,34)(H,32,33). The summed E-state index contributed by atoms with van der Waals surface area (Å²) in [5.74, 6) is -0.857. The maximum atomic E-state index is 12.8. The molecule has 1 aliphatic heterocycles. The predicted molar refractivity (Wildman–Crippen MR) is 131 cm³/mol. The van der Waals surface area contributed by atoms with Crippen LogP contribution in [0.2, 0.25) is 0 Å². The van der Waals surface area contributed by atoms with E-state index < -0.39 is 17.5 Å². The molecule has 35 heavy (non-hydrogen) atoms. The average Bonchev–Trinajstić information content (AvgIpc) is 3.15. The number of fused-ring (bicyclic) bond motifs is 3. The van der Waals surface area contributed by atoms with E-state index in [0.717, 1.165) is 25.7 Å². The molecule has 0 spiro atoms. The van der Waals surface area contributed by atoms with Crippen LogP contribution in [0.25, 0.3) is 11.1 Å². The van der Waals surface area contributed by atoms with Crippen LogP contribution >= 0.6 is 0 Å². The minimum absolute atomic E-state index is 0.00634. The van der Waals surface area contributed by atoms with Gasteiger partial charge >= 0.3 is 12.1 Å². The topological polar surface area (TPSA) is 95.9 Å². The zero-order chi connectivity index (χ0) is 24.6. The Morgan fingerprint density at radius 3 is 2.23 bits per heavy atom. The summed E-state index contributed by atoms with van der Waals surface area (Å²) in [7, 11) is 0. The van der Waals surface area contributed by atoms with Crippen molar-refractivity contribution < 1.29 is 24.2 Å². The average molecular weight is 477 g/mol. The van der Waals surface area contributed by atoms with E-state index >= 15 is 0 Å². The van der Waals surface area contributed by atoms with Crippen molar-refractivity contribution in [2.75, 3.05) is 19.7 Å². The van der Waals surface area contributed by atoms with Gasteiger partial charge in [0.05, 0.1) is 5.41 Å². The maximum absolute atomic E-state index is 12.8. The second-order valence-corrected chi connectivity index (χ2v) is 10.4. The van der Waals surface area contributed by atoms with E-state index in [1.165, 1.54) is 22.3 Å². The summed E-state index contributed by atoms with van der Waals surface area (Å²) in [5.41, 5.74) is 3.87. The van der Waals surface area contributed by atoms with Crippen LogP contribution in [0.1, 0.15) is 56.1 Å². The smallest absolute Gasteiger partial charge is 0.407 e. The highest BCUT2D eigenvalue weighted by Gasteiger charge is 2.47. The van der Waals surface area contributed by atoms with Gasteiger partial charge < -0.3 is 20.1 Å². The molecule has 2 aromatic rings. The summed E-state index contributed by atoms with van der Waals surface area (Å²) in [6.07, 6.45) is 3.58. The first-order chi connectivity index (χ1) is 16.9. The number of nitrogens with one attached hydrogen (secondary N) is 1. The molecule has 7 heteroatoms. The van der Waals surface area contributed by atoms with Crippen LogP contribution in [0.3, 0.4) is 0 Å². The van der Waals surface area contributed by atoms with Crippen LogP contribution in [0, 0.1) is 11.3 Å². The number of nitrogens with zero attached hydrogens (tertiary/aromatic N) is 1. The molecule has 2 unspecified atom stereocenters. The third-order valence-electron chi connectivity index (χ3n) is 7.94. The number of hydrogen-bond donors (Lipinski definition) is 2. The van der Waals surface area contributed by atoms with E-state index in [2.05, 4.69) is 29.6 Å². The van der Waals surface area contributed by atoms with E-state index in [0.29, 0.717) is 6.42 Å². The van der Waals surface area contributed by atoms with Crippen LogP contribution in [0.4, 0.5) is 4.79 Å². The Morgan fingerprint density at radius 2 is 1.60 bits per heavy atom. The molecule has 0 radical (unpaired) electrons. The lowest BCUT2D eigenvalue weighted by Crippen LogP contribution is -2.61. The van der Waals surface area contributed by atoms with Crippen molar-refractivity contribution in [3.63, 3.8) is 0 Å². The molecule has 7 nitrogen and oxygen atoms in total. The van der Waals surface area contributed by atoms with Crippen molar-refractivity contribution in [3.8, 4) is 11.1 Å². The number of ether oxygens (including phenoxy) is 1. The first-order valence-electron chi connectivity index (χ1n) is 12.5. The number of benzene rings is 2. The second kappa shape index (κ2) is 9.36. The zero-order valence-corrected chi connectivity index (χ0v) is 20.0. The summed E-state index contributed by atoms with van der Waals surface area (Å²) >= 11 is 0. The summed E-state index contributed by atoms with van der Waals surface area (Å²) in [5, 5.41) is 12.3. The van der Waals surface area contributed by atoms with Crippen LogP contribution in [-0.2, 0) is 14.3 Å². The predicted octanol–water partition coefficient (Wildman–Crippen LogP) is 4.41. The van der Waals surface area contributed by atoms with Gasteiger partial charge in [0, 0.05) is 31.5 Å². The van der Waals surface area contributed by atoms with Crippen molar-refractivity contribution in [3.05, 3.63) is 59.7 Å². The Kier molecular flexibility index (Phi) is 6.26. The zero-order valence-electron chi connectivity index (χ0n) is 20.0. The number of amides is 2. The van der Waals surface area contributed by atoms with Crippen LogP contribution in [0.15, 0.2) is 48.5 Å². The second-order valence-electron chi connectivity index (χ2n) is 10.4. The number of rotatable bonds is 6. The Labute approximate surface area is 205 Å². The fourth-order valence-corrected chi connectivity index (χ4v) is 5.89. The van der Waals surface area contributed by atoms with Crippen molar-refractivity contribution in [2.24, 2.45) is 11.3 Å². The Bertz CT molecular complexity index is 1090. The minimum atomic E-state index is -0.867. The van der Waals surface area contributed by atoms with E-state index in [1.54, 1.807) is 11.8 Å². The highest BCUT2D eigenvalue weighted by molar-refractivity contribution is 5.83. The number of carbonyl (C=O) groups is 3. The molecule has 1 saturated carbocycles. The van der Waals surface area contributed by atoms with Crippen molar-refractivity contribution in [2.45, 2.75) is 51.0 Å². The van der Waals surface area contributed by atoms with Crippen molar-refractivity contribution in [1.29, 1.82) is 0 Å². The molecule has 5 rings (SSSR count). The molecule has 1 saturated heterocycles. The van der Waals surface area contributed by atoms with Crippen molar-refractivity contribution in [1.82, 2.24) is 10.2 Å². The number of aliphatic carboxylic acids is 1. The fourth-order valence-electron chi connectivity index (χ4n) is 5.89. The molecule has 2 aromatic carbocycles. The largest absolute Gasteiger partial charge is 0.481 e. The molecule has 3 aliphatic rings. The van der Waals surface area contributed by atoms with Gasteiger partial charge in [0.25, 0.3) is 0 Å². The lowest BCUT2D eigenvalue weighted by Gasteiger charge is -2.45. The van der Waals surface area contributed by atoms with E-state index in [4.69, 9.17) is 4.74 Å². The van der Waals surface area contributed by atoms with Gasteiger partial charge in [-0.25, -0.2) is 4.79 Å². The van der Waals surface area contributed by atoms with Gasteiger partial charge in [0.15, 0.2) is 0 Å². The molecule has 2 N–H and O–H groups in total. The monoisotopic (exact) mass is 476 g/mol. The third-order valence-corrected chi connectivity index (χ3v) is 7.94. The number of carbonyl (C=O) groups excluding carboxylic acids is 2. The van der Waals surface area contributed by atoms with E-state index in [1.807, 2.05) is 24.3 Å². The molecule has 2 amide bonds. The van der Waals surface area contributed by atoms with E-state index in [-0.39, 0.29) is 43.5 Å². The van der Waals surface area contributed by atoms with Gasteiger partial charge in [0.2, 0.25) is 5.91 Å². The molecule has 0 bridgehead atoms. The quantitative estimate of drug-likeness (QED) is 0.644. The Hall–Kier alpha value is -3.35. The maximum Gasteiger partial charge on any atom is 0.407 e. The summed E-state index contributed by atoms with van der Waals surface area (Å²) < 4.78 is 5.72. The third kappa shape index (κ3) is 4.51. The number of carboxylic acid groups (broad SMARTS) is 1. The first kappa shape index (κ1) is 23.4. The lowest BCUT2D eigenvalue weighted by atomic mass is 9.79. The van der Waals surface area contributed by atoms with Crippen LogP contribution in [0.5, 0.6) is 0 Å². The molecule has 0 aromatic heterocycles. The fraction of sp³-hybridized carbons (Fsp3) is 0.464. The molecule has 2 fully saturated rings. The molecule has 184 valence electrons. The Balaban J connectivity index is 1.17. The van der Waals surface area contributed by atoms with Crippen LogP contribution < -0.4 is 5.32 Å². The highest BCUT2D eigenvalue weighted by Crippen LogP contribution is 2.44. The lowest BCUT2D eigenvalue weighted by molar-refractivity contribution is -0.164. The van der Waals surface area contributed by atoms with Gasteiger partial charge in [-0.15, -0.1) is 0 Å². The Morgan fingerprint density at radius 1 is 1.00 bits per heavy atom. The van der Waals surface area contributed by atoms with Gasteiger partial charge in [0.1, 0.15) is 6.61 Å². The minimum Gasteiger partial charge on any atom is -0.481 e. The van der Waals surface area contributed by atoms with Crippen molar-refractivity contribution >= 4 is 18.0 Å². The number of carboxylic acids is 1. The summed E-state index contributed by atoms with van der Waals surface area (Å²) in [6.45, 7) is 2.43.